The first-order valence-corrected chi connectivity index (χ1v) is 9.55. The monoisotopic (exact) mass is 411 g/mol. The number of amides is 1. The van der Waals surface area contributed by atoms with E-state index in [9.17, 15) is 4.79 Å². The molecule has 0 atom stereocenters. The second-order valence-electron chi connectivity index (χ2n) is 6.34. The van der Waals surface area contributed by atoms with E-state index in [2.05, 4.69) is 40.2 Å². The number of anilines is 2. The zero-order valence-electron chi connectivity index (χ0n) is 14.4. The van der Waals surface area contributed by atoms with Crippen LogP contribution in [0.15, 0.2) is 36.4 Å². The summed E-state index contributed by atoms with van der Waals surface area (Å²) in [5, 5.41) is 3.90. The van der Waals surface area contributed by atoms with Gasteiger partial charge in [-0.25, -0.2) is 0 Å². The number of carbonyl (C=O) groups is 1. The number of aryl methyl sites for hydroxylation is 1. The molecule has 1 fully saturated rings. The van der Waals surface area contributed by atoms with Crippen molar-refractivity contribution in [2.24, 2.45) is 0 Å². The van der Waals surface area contributed by atoms with Crippen LogP contribution in [-0.2, 0) is 4.79 Å². The molecule has 1 heterocycles. The lowest BCUT2D eigenvalue weighted by Gasteiger charge is -2.36. The highest BCUT2D eigenvalue weighted by Crippen LogP contribution is 2.32. The molecular formula is C19H20Cl3N3O. The lowest BCUT2D eigenvalue weighted by atomic mass is 10.1. The van der Waals surface area contributed by atoms with E-state index < -0.39 is 0 Å². The lowest BCUT2D eigenvalue weighted by molar-refractivity contribution is -0.117. The Morgan fingerprint density at radius 2 is 1.65 bits per heavy atom. The van der Waals surface area contributed by atoms with Crippen molar-refractivity contribution in [1.29, 1.82) is 0 Å². The third-order valence-corrected chi connectivity index (χ3v) is 5.51. The third kappa shape index (κ3) is 4.63. The normalized spacial score (nSPS) is 15.2. The van der Waals surface area contributed by atoms with Gasteiger partial charge < -0.3 is 10.2 Å². The molecule has 2 aromatic rings. The highest BCUT2D eigenvalue weighted by molar-refractivity contribution is 6.44. The predicted molar refractivity (Wildman–Crippen MR) is 110 cm³/mol. The van der Waals surface area contributed by atoms with Crippen LogP contribution in [0.5, 0.6) is 0 Å². The van der Waals surface area contributed by atoms with Crippen LogP contribution < -0.4 is 10.2 Å². The largest absolute Gasteiger partial charge is 0.369 e. The Kier molecular flexibility index (Phi) is 6.30. The van der Waals surface area contributed by atoms with Gasteiger partial charge in [-0.2, -0.15) is 0 Å². The molecule has 2 aromatic carbocycles. The molecule has 0 unspecified atom stereocenters. The molecule has 0 saturated carbocycles. The summed E-state index contributed by atoms with van der Waals surface area (Å²) in [6.45, 7) is 5.89. The zero-order chi connectivity index (χ0) is 18.7. The number of rotatable bonds is 4. The molecule has 0 spiro atoms. The Labute approximate surface area is 168 Å². The van der Waals surface area contributed by atoms with E-state index >= 15 is 0 Å². The van der Waals surface area contributed by atoms with Crippen LogP contribution in [0, 0.1) is 6.92 Å². The number of piperazine rings is 1. The molecule has 0 aromatic heterocycles. The fourth-order valence-corrected chi connectivity index (χ4v) is 3.67. The Morgan fingerprint density at radius 1 is 1.00 bits per heavy atom. The third-order valence-electron chi connectivity index (χ3n) is 4.48. The van der Waals surface area contributed by atoms with Gasteiger partial charge in [0.05, 0.1) is 27.3 Å². The average molecular weight is 413 g/mol. The minimum atomic E-state index is -0.116. The van der Waals surface area contributed by atoms with Crippen LogP contribution in [0.25, 0.3) is 0 Å². The fraction of sp³-hybridized carbons (Fsp3) is 0.316. The molecular weight excluding hydrogens is 393 g/mol. The number of hydrogen-bond acceptors (Lipinski definition) is 3. The Hall–Kier alpha value is -1.46. The maximum atomic E-state index is 12.3. The molecule has 0 bridgehead atoms. The van der Waals surface area contributed by atoms with Crippen molar-refractivity contribution in [3.05, 3.63) is 57.0 Å². The van der Waals surface area contributed by atoms with Crippen molar-refractivity contribution in [2.75, 3.05) is 42.9 Å². The van der Waals surface area contributed by atoms with E-state index in [1.807, 2.05) is 6.07 Å². The van der Waals surface area contributed by atoms with Crippen molar-refractivity contribution in [2.45, 2.75) is 6.92 Å². The van der Waals surface area contributed by atoms with Gasteiger partial charge in [0.1, 0.15) is 0 Å². The molecule has 0 aliphatic carbocycles. The Bertz CT molecular complexity index is 805. The van der Waals surface area contributed by atoms with Gasteiger partial charge >= 0.3 is 0 Å². The molecule has 1 saturated heterocycles. The molecule has 1 amide bonds. The Balaban J connectivity index is 1.54. The first-order valence-electron chi connectivity index (χ1n) is 8.41. The summed E-state index contributed by atoms with van der Waals surface area (Å²) in [7, 11) is 0. The molecule has 1 aliphatic rings. The van der Waals surface area contributed by atoms with E-state index in [1.165, 1.54) is 17.3 Å². The first kappa shape index (κ1) is 19.3. The van der Waals surface area contributed by atoms with Crippen molar-refractivity contribution in [3.8, 4) is 0 Å². The van der Waals surface area contributed by atoms with E-state index in [1.54, 1.807) is 6.07 Å². The van der Waals surface area contributed by atoms with Crippen LogP contribution in [0.3, 0.4) is 0 Å². The SMILES string of the molecule is Cc1ccccc1N1CCN(CC(=O)Nc2cc(Cl)c(Cl)cc2Cl)CC1. The number of para-hydroxylation sites is 1. The number of hydrogen-bond donors (Lipinski definition) is 1. The maximum absolute atomic E-state index is 12.3. The van der Waals surface area contributed by atoms with Gasteiger partial charge in [-0.15, -0.1) is 0 Å². The highest BCUT2D eigenvalue weighted by atomic mass is 35.5. The Morgan fingerprint density at radius 3 is 2.35 bits per heavy atom. The first-order chi connectivity index (χ1) is 12.4. The second kappa shape index (κ2) is 8.49. The van der Waals surface area contributed by atoms with Gasteiger partial charge in [-0.1, -0.05) is 53.0 Å². The molecule has 3 rings (SSSR count). The van der Waals surface area contributed by atoms with Crippen molar-refractivity contribution < 1.29 is 4.79 Å². The fourth-order valence-electron chi connectivity index (χ4n) is 3.08. The van der Waals surface area contributed by atoms with Gasteiger partial charge in [0.15, 0.2) is 0 Å². The molecule has 138 valence electrons. The average Bonchev–Trinajstić information content (AvgIpc) is 2.61. The standard InChI is InChI=1S/C19H20Cl3N3O/c1-13-4-2-3-5-18(13)25-8-6-24(7-9-25)12-19(26)23-17-11-15(21)14(20)10-16(17)22/h2-5,10-11H,6-9,12H2,1H3,(H,23,26). The summed E-state index contributed by atoms with van der Waals surface area (Å²) in [6.07, 6.45) is 0. The quantitative estimate of drug-likeness (QED) is 0.738. The zero-order valence-corrected chi connectivity index (χ0v) is 16.7. The molecule has 26 heavy (non-hydrogen) atoms. The van der Waals surface area contributed by atoms with Gasteiger partial charge in [0.25, 0.3) is 0 Å². The van der Waals surface area contributed by atoms with Crippen molar-refractivity contribution in [3.63, 3.8) is 0 Å². The molecule has 4 nitrogen and oxygen atoms in total. The van der Waals surface area contributed by atoms with Crippen molar-refractivity contribution in [1.82, 2.24) is 4.90 Å². The van der Waals surface area contributed by atoms with E-state index in [0.29, 0.717) is 27.3 Å². The highest BCUT2D eigenvalue weighted by Gasteiger charge is 2.20. The van der Waals surface area contributed by atoms with Crippen LogP contribution in [0.2, 0.25) is 15.1 Å². The van der Waals surface area contributed by atoms with Gasteiger partial charge in [-0.3, -0.25) is 9.69 Å². The maximum Gasteiger partial charge on any atom is 0.238 e. The number of halogens is 3. The minimum Gasteiger partial charge on any atom is -0.369 e. The summed E-state index contributed by atoms with van der Waals surface area (Å²) >= 11 is 18.0. The molecule has 1 N–H and O–H groups in total. The molecule has 0 radical (unpaired) electrons. The van der Waals surface area contributed by atoms with Crippen LogP contribution in [-0.4, -0.2) is 43.5 Å². The number of nitrogens with one attached hydrogen (secondary N) is 1. The summed E-state index contributed by atoms with van der Waals surface area (Å²) < 4.78 is 0. The smallest absolute Gasteiger partial charge is 0.238 e. The summed E-state index contributed by atoms with van der Waals surface area (Å²) in [5.41, 5.74) is 3.01. The van der Waals surface area contributed by atoms with E-state index in [4.69, 9.17) is 34.8 Å². The van der Waals surface area contributed by atoms with Gasteiger partial charge in [0, 0.05) is 31.9 Å². The minimum absolute atomic E-state index is 0.116. The van der Waals surface area contributed by atoms with Crippen molar-refractivity contribution >= 4 is 52.1 Å². The topological polar surface area (TPSA) is 35.6 Å². The lowest BCUT2D eigenvalue weighted by Crippen LogP contribution is -2.48. The van der Waals surface area contributed by atoms with Crippen LogP contribution in [0.1, 0.15) is 5.56 Å². The molecule has 7 heteroatoms. The number of benzene rings is 2. The number of nitrogens with zero attached hydrogens (tertiary/aromatic N) is 2. The van der Waals surface area contributed by atoms with Gasteiger partial charge in [0.2, 0.25) is 5.91 Å². The number of carbonyl (C=O) groups excluding carboxylic acids is 1. The summed E-state index contributed by atoms with van der Waals surface area (Å²) in [4.78, 5) is 16.8. The van der Waals surface area contributed by atoms with E-state index in [-0.39, 0.29) is 5.91 Å². The van der Waals surface area contributed by atoms with Gasteiger partial charge in [-0.05, 0) is 30.7 Å². The van der Waals surface area contributed by atoms with Crippen LogP contribution >= 0.6 is 34.8 Å². The van der Waals surface area contributed by atoms with E-state index in [0.717, 1.165) is 26.2 Å². The van der Waals surface area contributed by atoms with Crippen LogP contribution in [0.4, 0.5) is 11.4 Å². The molecule has 1 aliphatic heterocycles. The second-order valence-corrected chi connectivity index (χ2v) is 7.57. The summed E-state index contributed by atoms with van der Waals surface area (Å²) in [5.74, 6) is -0.116. The predicted octanol–water partition coefficient (Wildman–Crippen LogP) is 4.72. The summed E-state index contributed by atoms with van der Waals surface area (Å²) in [6, 6.07) is 11.5.